The summed E-state index contributed by atoms with van der Waals surface area (Å²) in [6.07, 6.45) is 0. The van der Waals surface area contributed by atoms with Crippen LogP contribution in [0, 0.1) is 0 Å². The number of benzene rings is 2. The summed E-state index contributed by atoms with van der Waals surface area (Å²) in [5.41, 5.74) is 22.6. The van der Waals surface area contributed by atoms with Gasteiger partial charge in [-0.3, -0.25) is 9.11 Å². The number of urea groups is 1. The molecule has 0 aliphatic carbocycles. The minimum absolute atomic E-state index is 0.0963. The molecule has 0 spiro atoms. The number of carbonyl (C=O) groups is 1. The van der Waals surface area contributed by atoms with E-state index in [1.54, 1.807) is 18.2 Å². The number of hydrogen-bond donors (Lipinski definition) is 7. The van der Waals surface area contributed by atoms with Crippen molar-refractivity contribution in [1.29, 1.82) is 0 Å². The van der Waals surface area contributed by atoms with Crippen LogP contribution in [0.2, 0.25) is 0 Å². The molecule has 13 nitrogen and oxygen atoms in total. The van der Waals surface area contributed by atoms with Gasteiger partial charge in [0.15, 0.2) is 0 Å². The normalized spacial score (nSPS) is 11.3. The Morgan fingerprint density at radius 2 is 1.61 bits per heavy atom. The molecule has 16 heteroatoms. The van der Waals surface area contributed by atoms with E-state index in [0.717, 1.165) is 17.8 Å². The summed E-state index contributed by atoms with van der Waals surface area (Å²) in [5.74, 6) is 0.147. The fourth-order valence-corrected chi connectivity index (χ4v) is 3.83. The summed E-state index contributed by atoms with van der Waals surface area (Å²) in [6.45, 7) is -0.283. The second-order valence-electron chi connectivity index (χ2n) is 5.61. The molecule has 2 aromatic carbocycles. The minimum Gasteiger partial charge on any atom is -0.399 e. The monoisotopic (exact) mass is 495 g/mol. The number of carbonyl (C=O) groups excluding carboxylic acids is 1. The summed E-state index contributed by atoms with van der Waals surface area (Å²) in [7, 11) is -8.90. The number of anilines is 4. The first-order valence-corrected chi connectivity index (χ1v) is 11.8. The molecule has 0 heterocycles. The van der Waals surface area contributed by atoms with Gasteiger partial charge in [0.1, 0.15) is 4.90 Å². The van der Waals surface area contributed by atoms with Gasteiger partial charge in [-0.05, 0) is 36.4 Å². The Morgan fingerprint density at radius 3 is 2.16 bits per heavy atom. The third kappa shape index (κ3) is 10.2. The van der Waals surface area contributed by atoms with Crippen LogP contribution in [0.5, 0.6) is 0 Å². The second kappa shape index (κ2) is 11.0. The van der Waals surface area contributed by atoms with E-state index < -0.39 is 31.4 Å². The fourth-order valence-electron chi connectivity index (χ4n) is 1.94. The zero-order valence-corrected chi connectivity index (χ0v) is 18.2. The number of rotatable bonds is 7. The Morgan fingerprint density at radius 1 is 1.00 bits per heavy atom. The lowest BCUT2D eigenvalue weighted by Gasteiger charge is -2.06. The fraction of sp³-hybridized carbons (Fsp3) is 0.133. The second-order valence-corrected chi connectivity index (χ2v) is 9.26. The van der Waals surface area contributed by atoms with E-state index in [4.69, 9.17) is 32.0 Å². The van der Waals surface area contributed by atoms with Crippen molar-refractivity contribution in [3.63, 3.8) is 0 Å². The lowest BCUT2D eigenvalue weighted by Crippen LogP contribution is -2.20. The van der Waals surface area contributed by atoms with Gasteiger partial charge in [-0.15, -0.1) is 11.8 Å². The Hall–Kier alpha value is -2.76. The van der Waals surface area contributed by atoms with Gasteiger partial charge in [0.2, 0.25) is 0 Å². The highest BCUT2D eigenvalue weighted by Gasteiger charge is 2.14. The maximum absolute atomic E-state index is 11.0. The smallest absolute Gasteiger partial charge is 0.397 e. The van der Waals surface area contributed by atoms with E-state index in [9.17, 15) is 21.6 Å². The quantitative estimate of drug-likeness (QED) is 0.122. The van der Waals surface area contributed by atoms with Crippen LogP contribution in [0.3, 0.4) is 0 Å². The van der Waals surface area contributed by atoms with Crippen molar-refractivity contribution in [2.45, 2.75) is 9.79 Å². The molecule has 0 fully saturated rings. The van der Waals surface area contributed by atoms with Crippen LogP contribution in [0.15, 0.2) is 46.2 Å². The molecular weight excluding hydrogens is 474 g/mol. The number of hydrogen-bond acceptors (Lipinski definition) is 10. The molecule has 0 saturated heterocycles. The lowest BCUT2D eigenvalue weighted by atomic mass is 10.2. The maximum atomic E-state index is 11.0. The van der Waals surface area contributed by atoms with Gasteiger partial charge < -0.3 is 28.3 Å². The number of nitrogens with two attached hydrogens (primary N) is 4. The van der Waals surface area contributed by atoms with E-state index >= 15 is 0 Å². The SMILES string of the molecule is NC(=O)Nc1cc(N)ccc1N.Nc1ccc(SCCOS(=O)(=O)O)cc1S(=O)(=O)O. The molecule has 0 radical (unpaired) electrons. The van der Waals surface area contributed by atoms with Crippen LogP contribution in [-0.4, -0.2) is 44.3 Å². The first-order chi connectivity index (χ1) is 14.2. The Kier molecular flexibility index (Phi) is 9.35. The van der Waals surface area contributed by atoms with Crippen LogP contribution in [0.25, 0.3) is 0 Å². The number of thioether (sulfide) groups is 1. The summed E-state index contributed by atoms with van der Waals surface area (Å²) in [5, 5.41) is 2.35. The van der Waals surface area contributed by atoms with Crippen molar-refractivity contribution in [2.24, 2.45) is 5.73 Å². The average molecular weight is 496 g/mol. The molecule has 0 aliphatic heterocycles. The van der Waals surface area contributed by atoms with Crippen molar-refractivity contribution in [1.82, 2.24) is 0 Å². The third-order valence-corrected chi connectivity index (χ3v) is 5.51. The maximum Gasteiger partial charge on any atom is 0.397 e. The third-order valence-electron chi connectivity index (χ3n) is 3.18. The number of amides is 2. The highest BCUT2D eigenvalue weighted by atomic mass is 32.3. The van der Waals surface area contributed by atoms with Gasteiger partial charge in [-0.25, -0.2) is 8.98 Å². The summed E-state index contributed by atoms with van der Waals surface area (Å²) in [6, 6.07) is 8.08. The highest BCUT2D eigenvalue weighted by molar-refractivity contribution is 7.99. The molecule has 2 rings (SSSR count). The lowest BCUT2D eigenvalue weighted by molar-refractivity contribution is 0.259. The molecule has 0 bridgehead atoms. The topological polar surface area (TPSA) is 251 Å². The molecule has 0 aliphatic rings. The first-order valence-electron chi connectivity index (χ1n) is 8.02. The van der Waals surface area contributed by atoms with Gasteiger partial charge in [-0.1, -0.05) is 0 Å². The van der Waals surface area contributed by atoms with Crippen molar-refractivity contribution < 1.29 is 34.9 Å². The van der Waals surface area contributed by atoms with Gasteiger partial charge in [0.05, 0.1) is 23.7 Å². The predicted molar refractivity (Wildman–Crippen MR) is 117 cm³/mol. The van der Waals surface area contributed by atoms with E-state index in [2.05, 4.69) is 9.50 Å². The van der Waals surface area contributed by atoms with Crippen LogP contribution in [0.4, 0.5) is 27.5 Å². The van der Waals surface area contributed by atoms with Crippen molar-refractivity contribution in [3.05, 3.63) is 36.4 Å². The molecule has 0 atom stereocenters. The van der Waals surface area contributed by atoms with Crippen molar-refractivity contribution >= 4 is 61.1 Å². The van der Waals surface area contributed by atoms with E-state index in [-0.39, 0.29) is 18.0 Å². The Bertz CT molecular complexity index is 1140. The molecule has 2 aromatic rings. The van der Waals surface area contributed by atoms with Gasteiger partial charge in [-0.2, -0.15) is 16.8 Å². The van der Waals surface area contributed by atoms with Gasteiger partial charge >= 0.3 is 16.4 Å². The molecule has 0 saturated carbocycles. The molecule has 0 aromatic heterocycles. The van der Waals surface area contributed by atoms with Crippen LogP contribution in [0.1, 0.15) is 0 Å². The number of nitrogens with one attached hydrogen (secondary N) is 1. The first kappa shape index (κ1) is 26.3. The summed E-state index contributed by atoms with van der Waals surface area (Å²) >= 11 is 1.07. The van der Waals surface area contributed by atoms with E-state index in [0.29, 0.717) is 22.0 Å². The zero-order chi connectivity index (χ0) is 23.8. The average Bonchev–Trinajstić information content (AvgIpc) is 2.61. The summed E-state index contributed by atoms with van der Waals surface area (Å²) in [4.78, 5) is 10.5. The minimum atomic E-state index is -4.49. The van der Waals surface area contributed by atoms with E-state index in [1.165, 1.54) is 12.1 Å². The number of primary amides is 1. The predicted octanol–water partition coefficient (Wildman–Crippen LogP) is 0.769. The van der Waals surface area contributed by atoms with Crippen LogP contribution in [-0.2, 0) is 24.7 Å². The Labute approximate surface area is 182 Å². The van der Waals surface area contributed by atoms with Crippen molar-refractivity contribution in [2.75, 3.05) is 34.9 Å². The molecule has 2 amide bonds. The van der Waals surface area contributed by atoms with E-state index in [1.807, 2.05) is 0 Å². The Balaban J connectivity index is 0.000000343. The molecule has 172 valence electrons. The van der Waals surface area contributed by atoms with Gasteiger partial charge in [0.25, 0.3) is 10.1 Å². The van der Waals surface area contributed by atoms with Crippen LogP contribution < -0.4 is 28.3 Å². The standard InChI is InChI=1S/C8H11NO7S3.C7H10N4O/c9-7-2-1-6(5-8(7)18(10,11)12)17-4-3-16-19(13,14)15;8-4-1-2-5(9)6(3-4)11-7(10)12/h1-2,5H,3-4,9H2,(H,10,11,12)(H,13,14,15);1-3H,8-9H2,(H3,10,11,12). The zero-order valence-electron chi connectivity index (χ0n) is 15.8. The number of nitrogen functional groups attached to an aromatic ring is 3. The molecule has 0 unspecified atom stereocenters. The van der Waals surface area contributed by atoms with Crippen LogP contribution >= 0.6 is 11.8 Å². The molecule has 11 N–H and O–H groups in total. The molecule has 31 heavy (non-hydrogen) atoms. The summed E-state index contributed by atoms with van der Waals surface area (Å²) < 4.78 is 63.8. The largest absolute Gasteiger partial charge is 0.399 e. The van der Waals surface area contributed by atoms with Crippen molar-refractivity contribution in [3.8, 4) is 0 Å². The van der Waals surface area contributed by atoms with Gasteiger partial charge in [0, 0.05) is 16.3 Å². The highest BCUT2D eigenvalue weighted by Crippen LogP contribution is 2.26. The molecular formula is C15H21N5O8S3.